The molecule has 1 N–H and O–H groups in total. The number of nitrogens with one attached hydrogen (secondary N) is 1. The molecule has 0 bridgehead atoms. The van der Waals surface area contributed by atoms with Crippen LogP contribution < -0.4 is 4.72 Å². The Kier molecular flexibility index (Phi) is 5.56. The summed E-state index contributed by atoms with van der Waals surface area (Å²) in [6, 6.07) is 7.53. The number of halogens is 1. The lowest BCUT2D eigenvalue weighted by molar-refractivity contribution is 0.0981. The van der Waals surface area contributed by atoms with Gasteiger partial charge < -0.3 is 4.90 Å². The summed E-state index contributed by atoms with van der Waals surface area (Å²) < 4.78 is 25.3. The van der Waals surface area contributed by atoms with E-state index in [4.69, 9.17) is 11.6 Å². The Labute approximate surface area is 179 Å². The van der Waals surface area contributed by atoms with Crippen LogP contribution in [0.25, 0.3) is 0 Å². The van der Waals surface area contributed by atoms with E-state index in [-0.39, 0.29) is 11.6 Å². The van der Waals surface area contributed by atoms with Gasteiger partial charge in [-0.15, -0.1) is 0 Å². The number of amides is 2. The molecular formula is C19H22ClN5O4S. The molecular weight excluding hydrogens is 430 g/mol. The Morgan fingerprint density at radius 3 is 2.53 bits per heavy atom. The van der Waals surface area contributed by atoms with Gasteiger partial charge in [0.25, 0.3) is 5.91 Å². The normalized spacial score (nSPS) is 21.6. The zero-order valence-corrected chi connectivity index (χ0v) is 17.9. The topological polar surface area (TPSA) is 105 Å². The van der Waals surface area contributed by atoms with Crippen molar-refractivity contribution in [3.8, 4) is 0 Å². The van der Waals surface area contributed by atoms with Crippen molar-refractivity contribution in [1.82, 2.24) is 24.3 Å². The molecule has 11 heteroatoms. The fraction of sp³-hybridized carbons (Fsp3) is 0.421. The average Bonchev–Trinajstić information content (AvgIpc) is 3.34. The monoisotopic (exact) mass is 451 g/mol. The van der Waals surface area contributed by atoms with Crippen molar-refractivity contribution in [2.24, 2.45) is 11.8 Å². The molecule has 1 aromatic carbocycles. The van der Waals surface area contributed by atoms with Gasteiger partial charge >= 0.3 is 6.03 Å². The summed E-state index contributed by atoms with van der Waals surface area (Å²) in [7, 11) is -3.68. The van der Waals surface area contributed by atoms with Gasteiger partial charge in [0.05, 0.1) is 18.0 Å². The van der Waals surface area contributed by atoms with Crippen molar-refractivity contribution in [2.75, 3.05) is 32.4 Å². The lowest BCUT2D eigenvalue weighted by Gasteiger charge is -2.21. The minimum atomic E-state index is -3.68. The molecule has 2 amide bonds. The van der Waals surface area contributed by atoms with Crippen LogP contribution in [0.5, 0.6) is 0 Å². The summed E-state index contributed by atoms with van der Waals surface area (Å²) >= 11 is 6.07. The van der Waals surface area contributed by atoms with Crippen molar-refractivity contribution in [1.29, 1.82) is 0 Å². The van der Waals surface area contributed by atoms with Gasteiger partial charge in [-0.2, -0.15) is 9.78 Å². The molecule has 4 rings (SSSR count). The van der Waals surface area contributed by atoms with Gasteiger partial charge in [-0.3, -0.25) is 9.69 Å². The van der Waals surface area contributed by atoms with Gasteiger partial charge in [-0.05, 0) is 29.5 Å². The quantitative estimate of drug-likeness (QED) is 0.750. The van der Waals surface area contributed by atoms with E-state index in [0.717, 1.165) is 35.6 Å². The molecule has 0 radical (unpaired) electrons. The first kappa shape index (κ1) is 20.8. The standard InChI is InChI=1S/C19H22ClN5O4S/c1-30(28,29)22-18(26)14-6-21-25(12-14)19(27)24-10-15-8-23(9-16(15)11-24)7-13-3-2-4-17(20)5-13/h2-6,12,15-16H,7-11H2,1H3,(H,22,26). The highest BCUT2D eigenvalue weighted by Gasteiger charge is 2.42. The van der Waals surface area contributed by atoms with Gasteiger partial charge in [0.15, 0.2) is 0 Å². The van der Waals surface area contributed by atoms with Crippen LogP contribution in [0.1, 0.15) is 15.9 Å². The second kappa shape index (κ2) is 8.01. The van der Waals surface area contributed by atoms with Crippen LogP contribution in [-0.2, 0) is 16.6 Å². The van der Waals surface area contributed by atoms with Gasteiger partial charge in [0, 0.05) is 43.9 Å². The van der Waals surface area contributed by atoms with Crippen LogP contribution in [-0.4, -0.2) is 72.4 Å². The molecule has 2 aliphatic heterocycles. The fourth-order valence-electron chi connectivity index (χ4n) is 4.19. The molecule has 2 unspecified atom stereocenters. The van der Waals surface area contributed by atoms with Crippen molar-refractivity contribution in [3.63, 3.8) is 0 Å². The molecule has 9 nitrogen and oxygen atoms in total. The molecule has 0 aliphatic carbocycles. The summed E-state index contributed by atoms with van der Waals surface area (Å²) in [5.41, 5.74) is 1.19. The highest BCUT2D eigenvalue weighted by atomic mass is 35.5. The molecule has 2 fully saturated rings. The number of benzene rings is 1. The first-order chi connectivity index (χ1) is 14.2. The molecule has 1 aromatic heterocycles. The summed E-state index contributed by atoms with van der Waals surface area (Å²) in [6.45, 7) is 3.89. The maximum Gasteiger partial charge on any atom is 0.344 e. The Hall–Kier alpha value is -2.43. The van der Waals surface area contributed by atoms with Crippen LogP contribution in [0.15, 0.2) is 36.7 Å². The molecule has 2 aliphatic rings. The van der Waals surface area contributed by atoms with Crippen molar-refractivity contribution >= 4 is 33.6 Å². The van der Waals surface area contributed by atoms with E-state index >= 15 is 0 Å². The van der Waals surface area contributed by atoms with E-state index in [1.165, 1.54) is 18.0 Å². The molecule has 0 spiro atoms. The number of hydrogen-bond acceptors (Lipinski definition) is 6. The summed E-state index contributed by atoms with van der Waals surface area (Å²) in [6.07, 6.45) is 3.32. The zero-order chi connectivity index (χ0) is 21.5. The van der Waals surface area contributed by atoms with Crippen LogP contribution in [0.3, 0.4) is 0 Å². The first-order valence-electron chi connectivity index (χ1n) is 9.51. The molecule has 0 saturated carbocycles. The van der Waals surface area contributed by atoms with E-state index in [2.05, 4.69) is 16.1 Å². The Bertz CT molecular complexity index is 1070. The second-order valence-electron chi connectivity index (χ2n) is 7.91. The number of sulfonamides is 1. The Morgan fingerprint density at radius 2 is 1.90 bits per heavy atom. The molecule has 160 valence electrons. The predicted molar refractivity (Wildman–Crippen MR) is 111 cm³/mol. The smallest absolute Gasteiger partial charge is 0.322 e. The second-order valence-corrected chi connectivity index (χ2v) is 10.1. The first-order valence-corrected chi connectivity index (χ1v) is 11.8. The molecule has 30 heavy (non-hydrogen) atoms. The summed E-state index contributed by atoms with van der Waals surface area (Å²) in [5, 5.41) is 4.66. The van der Waals surface area contributed by atoms with E-state index in [9.17, 15) is 18.0 Å². The van der Waals surface area contributed by atoms with Crippen LogP contribution in [0.2, 0.25) is 5.02 Å². The van der Waals surface area contributed by atoms with Crippen LogP contribution in [0, 0.1) is 11.8 Å². The van der Waals surface area contributed by atoms with Gasteiger partial charge in [0.1, 0.15) is 0 Å². The van der Waals surface area contributed by atoms with Crippen molar-refractivity contribution in [3.05, 3.63) is 52.8 Å². The number of aromatic nitrogens is 2. The lowest BCUT2D eigenvalue weighted by atomic mass is 10.0. The van der Waals surface area contributed by atoms with Crippen LogP contribution >= 0.6 is 11.6 Å². The molecule has 3 heterocycles. The third kappa shape index (κ3) is 4.66. The summed E-state index contributed by atoms with van der Waals surface area (Å²) in [4.78, 5) is 28.8. The number of rotatable bonds is 4. The summed E-state index contributed by atoms with van der Waals surface area (Å²) in [5.74, 6) is -0.0418. The molecule has 2 saturated heterocycles. The molecule has 2 atom stereocenters. The van der Waals surface area contributed by atoms with Crippen molar-refractivity contribution in [2.45, 2.75) is 6.54 Å². The maximum absolute atomic E-state index is 12.8. The van der Waals surface area contributed by atoms with E-state index in [0.29, 0.717) is 24.9 Å². The largest absolute Gasteiger partial charge is 0.344 e. The zero-order valence-electron chi connectivity index (χ0n) is 16.4. The lowest BCUT2D eigenvalue weighted by Crippen LogP contribution is -2.36. The van der Waals surface area contributed by atoms with E-state index in [1.807, 2.05) is 22.9 Å². The minimum absolute atomic E-state index is 0.0147. The van der Waals surface area contributed by atoms with Crippen LogP contribution in [0.4, 0.5) is 4.79 Å². The molecule has 2 aromatic rings. The highest BCUT2D eigenvalue weighted by molar-refractivity contribution is 7.89. The Balaban J connectivity index is 1.34. The minimum Gasteiger partial charge on any atom is -0.322 e. The SMILES string of the molecule is CS(=O)(=O)NC(=O)c1cnn(C(=O)N2CC3CN(Cc4cccc(Cl)c4)CC3C2)c1. The fourth-order valence-corrected chi connectivity index (χ4v) is 4.85. The van der Waals surface area contributed by atoms with E-state index in [1.54, 1.807) is 4.90 Å². The van der Waals surface area contributed by atoms with Gasteiger partial charge in [0.2, 0.25) is 10.0 Å². The number of carbonyl (C=O) groups is 2. The number of hydrogen-bond donors (Lipinski definition) is 1. The Morgan fingerprint density at radius 1 is 1.20 bits per heavy atom. The van der Waals surface area contributed by atoms with Gasteiger partial charge in [-0.25, -0.2) is 17.9 Å². The van der Waals surface area contributed by atoms with Crippen molar-refractivity contribution < 1.29 is 18.0 Å². The predicted octanol–water partition coefficient (Wildman–Crippen LogP) is 1.26. The maximum atomic E-state index is 12.8. The van der Waals surface area contributed by atoms with E-state index < -0.39 is 15.9 Å². The highest BCUT2D eigenvalue weighted by Crippen LogP contribution is 2.32. The third-order valence-corrected chi connectivity index (χ3v) is 6.24. The number of likely N-dealkylation sites (tertiary alicyclic amines) is 2. The average molecular weight is 452 g/mol. The van der Waals surface area contributed by atoms with Gasteiger partial charge in [-0.1, -0.05) is 23.7 Å². The number of nitrogens with zero attached hydrogens (tertiary/aromatic N) is 4. The third-order valence-electron chi connectivity index (χ3n) is 5.45. The number of fused-ring (bicyclic) bond motifs is 1. The number of carbonyl (C=O) groups excluding carboxylic acids is 2.